The Morgan fingerprint density at radius 2 is 2.18 bits per heavy atom. The zero-order valence-corrected chi connectivity index (χ0v) is 13.9. The van der Waals surface area contributed by atoms with Crippen LogP contribution in [-0.2, 0) is 4.74 Å². The lowest BCUT2D eigenvalue weighted by Crippen LogP contribution is -2.31. The summed E-state index contributed by atoms with van der Waals surface area (Å²) in [6, 6.07) is 1.68. The SMILES string of the molecule is CCOC(=O)c1cnc(Cl)cc1NCCCN1CCCCC1. The molecule has 0 bridgehead atoms. The summed E-state index contributed by atoms with van der Waals surface area (Å²) in [5, 5.41) is 3.65. The molecule has 0 spiro atoms. The van der Waals surface area contributed by atoms with Crippen LogP contribution in [0.1, 0.15) is 43.0 Å². The van der Waals surface area contributed by atoms with Gasteiger partial charge in [-0.25, -0.2) is 9.78 Å². The lowest BCUT2D eigenvalue weighted by molar-refractivity contribution is 0.0527. The Balaban J connectivity index is 1.85. The number of esters is 1. The van der Waals surface area contributed by atoms with Crippen molar-refractivity contribution >= 4 is 23.3 Å². The minimum absolute atomic E-state index is 0.343. The fourth-order valence-electron chi connectivity index (χ4n) is 2.66. The minimum atomic E-state index is -0.370. The predicted octanol–water partition coefficient (Wildman–Crippen LogP) is 3.20. The van der Waals surface area contributed by atoms with E-state index in [1.807, 2.05) is 0 Å². The second-order valence-corrected chi connectivity index (χ2v) is 5.84. The van der Waals surface area contributed by atoms with Crippen molar-refractivity contribution in [3.05, 3.63) is 23.0 Å². The van der Waals surface area contributed by atoms with Gasteiger partial charge in [-0.05, 0) is 51.9 Å². The summed E-state index contributed by atoms with van der Waals surface area (Å²) >= 11 is 5.92. The Kier molecular flexibility index (Phi) is 6.93. The quantitative estimate of drug-likeness (QED) is 0.474. The Labute approximate surface area is 137 Å². The van der Waals surface area contributed by atoms with Crippen molar-refractivity contribution in [2.75, 3.05) is 38.1 Å². The average Bonchev–Trinajstić information content (AvgIpc) is 2.53. The molecule has 22 heavy (non-hydrogen) atoms. The highest BCUT2D eigenvalue weighted by Crippen LogP contribution is 2.20. The van der Waals surface area contributed by atoms with Crippen LogP contribution in [0, 0.1) is 0 Å². The molecule has 2 heterocycles. The maximum atomic E-state index is 11.9. The molecular formula is C16H24ClN3O2. The van der Waals surface area contributed by atoms with E-state index in [0.29, 0.717) is 23.0 Å². The third-order valence-electron chi connectivity index (χ3n) is 3.78. The van der Waals surface area contributed by atoms with Crippen molar-refractivity contribution in [1.29, 1.82) is 0 Å². The first-order valence-corrected chi connectivity index (χ1v) is 8.37. The Hall–Kier alpha value is -1.33. The molecule has 0 radical (unpaired) electrons. The Bertz CT molecular complexity index is 490. The van der Waals surface area contributed by atoms with Crippen molar-refractivity contribution in [2.24, 2.45) is 0 Å². The summed E-state index contributed by atoms with van der Waals surface area (Å²) < 4.78 is 5.04. The van der Waals surface area contributed by atoms with Gasteiger partial charge in [0.15, 0.2) is 0 Å². The van der Waals surface area contributed by atoms with Gasteiger partial charge < -0.3 is 15.0 Å². The smallest absolute Gasteiger partial charge is 0.341 e. The van der Waals surface area contributed by atoms with Crippen LogP contribution < -0.4 is 5.32 Å². The van der Waals surface area contributed by atoms with Gasteiger partial charge in [0.05, 0.1) is 12.3 Å². The van der Waals surface area contributed by atoms with Crippen LogP contribution in [0.3, 0.4) is 0 Å². The molecule has 0 amide bonds. The molecule has 1 aromatic rings. The van der Waals surface area contributed by atoms with E-state index < -0.39 is 0 Å². The van der Waals surface area contributed by atoms with Crippen LogP contribution in [-0.4, -0.2) is 48.6 Å². The van der Waals surface area contributed by atoms with Gasteiger partial charge in [-0.2, -0.15) is 0 Å². The molecular weight excluding hydrogens is 302 g/mol. The fourth-order valence-corrected chi connectivity index (χ4v) is 2.81. The molecule has 2 rings (SSSR count). The highest BCUT2D eigenvalue weighted by Gasteiger charge is 2.14. The maximum absolute atomic E-state index is 11.9. The number of pyridine rings is 1. The number of nitrogens with zero attached hydrogens (tertiary/aromatic N) is 2. The summed E-state index contributed by atoms with van der Waals surface area (Å²) in [5.41, 5.74) is 1.13. The van der Waals surface area contributed by atoms with Gasteiger partial charge in [0.25, 0.3) is 0 Å². The van der Waals surface area contributed by atoms with Gasteiger partial charge in [0.1, 0.15) is 10.7 Å². The molecule has 1 aliphatic heterocycles. The van der Waals surface area contributed by atoms with Crippen LogP contribution in [0.15, 0.2) is 12.3 Å². The van der Waals surface area contributed by atoms with Crippen molar-refractivity contribution in [2.45, 2.75) is 32.6 Å². The second-order valence-electron chi connectivity index (χ2n) is 5.46. The molecule has 1 aliphatic rings. The summed E-state index contributed by atoms with van der Waals surface area (Å²) in [7, 11) is 0. The van der Waals surface area contributed by atoms with Crippen LogP contribution >= 0.6 is 11.6 Å². The zero-order chi connectivity index (χ0) is 15.8. The largest absolute Gasteiger partial charge is 0.462 e. The van der Waals surface area contributed by atoms with Gasteiger partial charge in [0, 0.05) is 12.7 Å². The first-order chi connectivity index (χ1) is 10.7. The van der Waals surface area contributed by atoms with Crippen molar-refractivity contribution < 1.29 is 9.53 Å². The van der Waals surface area contributed by atoms with E-state index in [4.69, 9.17) is 16.3 Å². The van der Waals surface area contributed by atoms with E-state index in [0.717, 1.165) is 19.5 Å². The number of rotatable bonds is 7. The second kappa shape index (κ2) is 8.96. The number of likely N-dealkylation sites (tertiary alicyclic amines) is 1. The number of halogens is 1. The van der Waals surface area contributed by atoms with Crippen molar-refractivity contribution in [3.8, 4) is 0 Å². The normalized spacial score (nSPS) is 15.5. The molecule has 122 valence electrons. The highest BCUT2D eigenvalue weighted by molar-refractivity contribution is 6.29. The molecule has 5 nitrogen and oxygen atoms in total. The first-order valence-electron chi connectivity index (χ1n) is 7.99. The molecule has 1 N–H and O–H groups in total. The highest BCUT2D eigenvalue weighted by atomic mass is 35.5. The summed E-state index contributed by atoms with van der Waals surface area (Å²) in [4.78, 5) is 18.4. The van der Waals surface area contributed by atoms with E-state index in [-0.39, 0.29) is 5.97 Å². The maximum Gasteiger partial charge on any atom is 0.341 e. The number of anilines is 1. The number of carbonyl (C=O) groups is 1. The third-order valence-corrected chi connectivity index (χ3v) is 3.99. The van der Waals surface area contributed by atoms with E-state index in [1.54, 1.807) is 13.0 Å². The third kappa shape index (κ3) is 5.14. The Morgan fingerprint density at radius 1 is 1.41 bits per heavy atom. The first kappa shape index (κ1) is 17.0. The summed E-state index contributed by atoms with van der Waals surface area (Å²) in [6.45, 7) is 6.41. The molecule has 0 aliphatic carbocycles. The van der Waals surface area contributed by atoms with Gasteiger partial charge in [-0.15, -0.1) is 0 Å². The number of aromatic nitrogens is 1. The molecule has 6 heteroatoms. The van der Waals surface area contributed by atoms with Crippen LogP contribution in [0.25, 0.3) is 0 Å². The molecule has 0 atom stereocenters. The lowest BCUT2D eigenvalue weighted by atomic mass is 10.1. The number of ether oxygens (including phenoxy) is 1. The van der Waals surface area contributed by atoms with Gasteiger partial charge in [0.2, 0.25) is 0 Å². The molecule has 0 saturated carbocycles. The van der Waals surface area contributed by atoms with Crippen LogP contribution in [0.2, 0.25) is 5.15 Å². The van der Waals surface area contributed by atoms with Crippen LogP contribution in [0.4, 0.5) is 5.69 Å². The molecule has 1 fully saturated rings. The number of hydrogen-bond acceptors (Lipinski definition) is 5. The molecule has 1 aromatic heterocycles. The van der Waals surface area contributed by atoms with Gasteiger partial charge >= 0.3 is 5.97 Å². The number of hydrogen-bond donors (Lipinski definition) is 1. The van der Waals surface area contributed by atoms with E-state index in [9.17, 15) is 4.79 Å². The van der Waals surface area contributed by atoms with Crippen LogP contribution in [0.5, 0.6) is 0 Å². The summed E-state index contributed by atoms with van der Waals surface area (Å²) in [6.07, 6.45) is 6.46. The molecule has 0 unspecified atom stereocenters. The zero-order valence-electron chi connectivity index (χ0n) is 13.1. The lowest BCUT2D eigenvalue weighted by Gasteiger charge is -2.26. The average molecular weight is 326 g/mol. The standard InChI is InChI=1S/C16H24ClN3O2/c1-2-22-16(21)13-12-19-15(17)11-14(13)18-7-6-10-20-8-4-3-5-9-20/h11-12H,2-10H2,1H3,(H,18,19). The minimum Gasteiger partial charge on any atom is -0.462 e. The van der Waals surface area contributed by atoms with Crippen molar-refractivity contribution in [3.63, 3.8) is 0 Å². The van der Waals surface area contributed by atoms with E-state index in [1.165, 1.54) is 38.5 Å². The van der Waals surface area contributed by atoms with Gasteiger partial charge in [-0.3, -0.25) is 0 Å². The van der Waals surface area contributed by atoms with E-state index in [2.05, 4.69) is 15.2 Å². The fraction of sp³-hybridized carbons (Fsp3) is 0.625. The number of carbonyl (C=O) groups excluding carboxylic acids is 1. The molecule has 1 saturated heterocycles. The topological polar surface area (TPSA) is 54.5 Å². The number of nitrogens with one attached hydrogen (secondary N) is 1. The monoisotopic (exact) mass is 325 g/mol. The summed E-state index contributed by atoms with van der Waals surface area (Å²) in [5.74, 6) is -0.370. The molecule has 0 aromatic carbocycles. The van der Waals surface area contributed by atoms with E-state index >= 15 is 0 Å². The predicted molar refractivity (Wildman–Crippen MR) is 88.6 cm³/mol. The van der Waals surface area contributed by atoms with Crippen molar-refractivity contribution in [1.82, 2.24) is 9.88 Å². The van der Waals surface area contributed by atoms with Gasteiger partial charge in [-0.1, -0.05) is 18.0 Å². The number of piperidine rings is 1. The Morgan fingerprint density at radius 3 is 2.91 bits per heavy atom.